The van der Waals surface area contributed by atoms with Crippen LogP contribution in [0.4, 0.5) is 11.6 Å². The summed E-state index contributed by atoms with van der Waals surface area (Å²) in [7, 11) is -3.53. The van der Waals surface area contributed by atoms with E-state index in [-0.39, 0.29) is 22.1 Å². The molecule has 22 heavy (non-hydrogen) atoms. The van der Waals surface area contributed by atoms with Gasteiger partial charge in [0.25, 0.3) is 5.69 Å². The SMILES string of the molecule is Cc1cn(N=Cc2ccc(S(C)(=O)=O)cc2[N+](=O)[O-])c(N)n1. The number of nitrogen functional groups attached to an aromatic ring is 1. The third-order valence-electron chi connectivity index (χ3n) is 2.78. The van der Waals surface area contributed by atoms with Gasteiger partial charge >= 0.3 is 0 Å². The van der Waals surface area contributed by atoms with Gasteiger partial charge < -0.3 is 5.73 Å². The Bertz CT molecular complexity index is 870. The van der Waals surface area contributed by atoms with E-state index in [0.29, 0.717) is 5.69 Å². The van der Waals surface area contributed by atoms with Crippen LogP contribution in [0.3, 0.4) is 0 Å². The molecule has 0 aliphatic heterocycles. The number of rotatable bonds is 4. The van der Waals surface area contributed by atoms with E-state index in [1.165, 1.54) is 23.0 Å². The average Bonchev–Trinajstić information content (AvgIpc) is 2.73. The lowest BCUT2D eigenvalue weighted by molar-refractivity contribution is -0.385. The van der Waals surface area contributed by atoms with Gasteiger partial charge in [0.2, 0.25) is 5.95 Å². The maximum atomic E-state index is 11.5. The second kappa shape index (κ2) is 5.56. The third-order valence-corrected chi connectivity index (χ3v) is 3.89. The Kier molecular flexibility index (Phi) is 3.95. The van der Waals surface area contributed by atoms with Crippen LogP contribution in [0.5, 0.6) is 0 Å². The summed E-state index contributed by atoms with van der Waals surface area (Å²) in [5.41, 5.74) is 6.06. The zero-order chi connectivity index (χ0) is 16.5. The lowest BCUT2D eigenvalue weighted by atomic mass is 10.2. The molecule has 9 nitrogen and oxygen atoms in total. The van der Waals surface area contributed by atoms with Gasteiger partial charge in [-0.05, 0) is 19.1 Å². The first-order valence-electron chi connectivity index (χ1n) is 6.03. The van der Waals surface area contributed by atoms with Crippen molar-refractivity contribution in [1.82, 2.24) is 9.66 Å². The van der Waals surface area contributed by atoms with Crippen LogP contribution in [-0.4, -0.2) is 35.5 Å². The number of aromatic nitrogens is 2. The highest BCUT2D eigenvalue weighted by atomic mass is 32.2. The lowest BCUT2D eigenvalue weighted by Crippen LogP contribution is -2.02. The molecule has 0 saturated heterocycles. The maximum Gasteiger partial charge on any atom is 0.279 e. The zero-order valence-electron chi connectivity index (χ0n) is 11.8. The van der Waals surface area contributed by atoms with Crippen LogP contribution in [-0.2, 0) is 9.84 Å². The van der Waals surface area contributed by atoms with Crippen molar-refractivity contribution in [2.75, 3.05) is 12.0 Å². The summed E-state index contributed by atoms with van der Waals surface area (Å²) in [5, 5.41) is 15.1. The van der Waals surface area contributed by atoms with Crippen molar-refractivity contribution in [3.05, 3.63) is 45.8 Å². The fraction of sp³-hybridized carbons (Fsp3) is 0.167. The van der Waals surface area contributed by atoms with Gasteiger partial charge in [0.05, 0.1) is 33.5 Å². The molecule has 2 rings (SSSR count). The molecule has 10 heteroatoms. The van der Waals surface area contributed by atoms with Crippen LogP contribution >= 0.6 is 0 Å². The Hall–Kier alpha value is -2.75. The number of nitrogens with zero attached hydrogens (tertiary/aromatic N) is 4. The van der Waals surface area contributed by atoms with Crippen LogP contribution < -0.4 is 5.73 Å². The van der Waals surface area contributed by atoms with E-state index in [4.69, 9.17) is 5.73 Å². The van der Waals surface area contributed by atoms with Crippen molar-refractivity contribution in [1.29, 1.82) is 0 Å². The Labute approximate surface area is 126 Å². The molecule has 0 fully saturated rings. The standard InChI is InChI=1S/C12H13N5O4S/c1-8-7-16(12(13)15-8)14-6-9-3-4-10(22(2,20)21)5-11(9)17(18)19/h3-7H,1-2H3,(H2,13,15). The molecule has 0 amide bonds. The molecule has 0 aliphatic rings. The first kappa shape index (κ1) is 15.6. The van der Waals surface area contributed by atoms with E-state index in [1.807, 2.05) is 0 Å². The number of hydrogen-bond donors (Lipinski definition) is 1. The summed E-state index contributed by atoms with van der Waals surface area (Å²) in [6.07, 6.45) is 3.76. The van der Waals surface area contributed by atoms with Crippen LogP contribution in [0.15, 0.2) is 34.4 Å². The number of nitrogens with two attached hydrogens (primary N) is 1. The number of sulfone groups is 1. The molecule has 2 N–H and O–H groups in total. The van der Waals surface area contributed by atoms with Gasteiger partial charge in [-0.15, -0.1) is 0 Å². The van der Waals surface area contributed by atoms with Gasteiger partial charge in [-0.1, -0.05) is 0 Å². The van der Waals surface area contributed by atoms with Crippen molar-refractivity contribution in [2.24, 2.45) is 5.10 Å². The van der Waals surface area contributed by atoms with Crippen molar-refractivity contribution in [2.45, 2.75) is 11.8 Å². The van der Waals surface area contributed by atoms with Gasteiger partial charge in [-0.3, -0.25) is 10.1 Å². The van der Waals surface area contributed by atoms with Crippen LogP contribution in [0, 0.1) is 17.0 Å². The smallest absolute Gasteiger partial charge is 0.279 e. The first-order valence-corrected chi connectivity index (χ1v) is 7.92. The first-order chi connectivity index (χ1) is 10.2. The van der Waals surface area contributed by atoms with E-state index in [0.717, 1.165) is 12.3 Å². The minimum absolute atomic E-state index is 0.130. The average molecular weight is 323 g/mol. The van der Waals surface area contributed by atoms with E-state index in [1.54, 1.807) is 13.1 Å². The Balaban J connectivity index is 2.47. The van der Waals surface area contributed by atoms with E-state index in [2.05, 4.69) is 10.1 Å². The second-order valence-corrected chi connectivity index (χ2v) is 6.60. The lowest BCUT2D eigenvalue weighted by Gasteiger charge is -2.01. The van der Waals surface area contributed by atoms with E-state index >= 15 is 0 Å². The summed E-state index contributed by atoms with van der Waals surface area (Å²) in [4.78, 5) is 14.2. The van der Waals surface area contributed by atoms with Gasteiger partial charge in [0.15, 0.2) is 9.84 Å². The summed E-state index contributed by atoms with van der Waals surface area (Å²) >= 11 is 0. The van der Waals surface area contributed by atoms with Crippen molar-refractivity contribution in [3.8, 4) is 0 Å². The summed E-state index contributed by atoms with van der Waals surface area (Å²) in [6, 6.07) is 3.60. The number of anilines is 1. The summed E-state index contributed by atoms with van der Waals surface area (Å²) in [6.45, 7) is 1.73. The number of imidazole rings is 1. The Morgan fingerprint density at radius 2 is 2.14 bits per heavy atom. The monoisotopic (exact) mass is 323 g/mol. The van der Waals surface area contributed by atoms with Gasteiger partial charge in [-0.25, -0.2) is 18.1 Å². The molecule has 0 aliphatic carbocycles. The fourth-order valence-corrected chi connectivity index (χ4v) is 2.38. The normalized spacial score (nSPS) is 11.9. The van der Waals surface area contributed by atoms with Crippen molar-refractivity contribution >= 4 is 27.7 Å². The van der Waals surface area contributed by atoms with Crippen molar-refractivity contribution in [3.63, 3.8) is 0 Å². The highest BCUT2D eigenvalue weighted by Gasteiger charge is 2.17. The quantitative estimate of drug-likeness (QED) is 0.506. The predicted octanol–water partition coefficient (Wildman–Crippen LogP) is 0.968. The molecule has 0 saturated carbocycles. The Morgan fingerprint density at radius 3 is 2.64 bits per heavy atom. The molecule has 116 valence electrons. The number of nitro benzene ring substituents is 1. The molecular formula is C12H13N5O4S. The molecule has 1 aromatic carbocycles. The third kappa shape index (κ3) is 3.28. The maximum absolute atomic E-state index is 11.5. The van der Waals surface area contributed by atoms with Gasteiger partial charge in [0.1, 0.15) is 0 Å². The highest BCUT2D eigenvalue weighted by molar-refractivity contribution is 7.90. The molecule has 2 aromatic rings. The van der Waals surface area contributed by atoms with Gasteiger partial charge in [-0.2, -0.15) is 5.10 Å². The molecule has 0 radical (unpaired) electrons. The highest BCUT2D eigenvalue weighted by Crippen LogP contribution is 2.22. The predicted molar refractivity (Wildman–Crippen MR) is 80.6 cm³/mol. The van der Waals surface area contributed by atoms with Gasteiger partial charge in [0, 0.05) is 12.3 Å². The van der Waals surface area contributed by atoms with Crippen LogP contribution in [0.1, 0.15) is 11.3 Å². The number of nitro groups is 1. The Morgan fingerprint density at radius 1 is 1.45 bits per heavy atom. The zero-order valence-corrected chi connectivity index (χ0v) is 12.6. The molecule has 1 heterocycles. The minimum atomic E-state index is -3.53. The van der Waals surface area contributed by atoms with E-state index in [9.17, 15) is 18.5 Å². The van der Waals surface area contributed by atoms with Crippen molar-refractivity contribution < 1.29 is 13.3 Å². The summed E-state index contributed by atoms with van der Waals surface area (Å²) in [5.74, 6) is 0.143. The molecule has 0 bridgehead atoms. The molecule has 0 spiro atoms. The molecule has 0 atom stereocenters. The topological polar surface area (TPSA) is 133 Å². The second-order valence-electron chi connectivity index (χ2n) is 4.58. The summed E-state index contributed by atoms with van der Waals surface area (Å²) < 4.78 is 24.2. The van der Waals surface area contributed by atoms with E-state index < -0.39 is 14.8 Å². The van der Waals surface area contributed by atoms with Crippen LogP contribution in [0.25, 0.3) is 0 Å². The number of hydrogen-bond acceptors (Lipinski definition) is 7. The number of benzene rings is 1. The largest absolute Gasteiger partial charge is 0.368 e. The minimum Gasteiger partial charge on any atom is -0.368 e. The molecule has 0 unspecified atom stereocenters. The number of aryl methyl sites for hydroxylation is 1. The fourth-order valence-electron chi connectivity index (χ4n) is 1.74. The molecular weight excluding hydrogens is 310 g/mol. The van der Waals surface area contributed by atoms with Crippen LogP contribution in [0.2, 0.25) is 0 Å². The molecule has 1 aromatic heterocycles.